The van der Waals surface area contributed by atoms with Crippen LogP contribution in [0.25, 0.3) is 0 Å². The van der Waals surface area contributed by atoms with Crippen LogP contribution in [-0.2, 0) is 10.0 Å². The minimum Gasteiger partial charge on any atom is -0.288 e. The molecule has 0 bridgehead atoms. The summed E-state index contributed by atoms with van der Waals surface area (Å²) in [4.78, 5) is 0. The fourth-order valence-corrected chi connectivity index (χ4v) is 1.38. The highest BCUT2D eigenvalue weighted by atomic mass is 32.2. The normalized spacial score (nSPS) is 17.5. The van der Waals surface area contributed by atoms with Gasteiger partial charge in [0, 0.05) is 5.70 Å². The van der Waals surface area contributed by atoms with Gasteiger partial charge in [-0.2, -0.15) is 0 Å². The third kappa shape index (κ3) is 1.73. The van der Waals surface area contributed by atoms with Crippen LogP contribution in [0.3, 0.4) is 0 Å². The molecule has 0 heterocycles. The predicted molar refractivity (Wildman–Crippen MR) is 39.9 cm³/mol. The average molecular weight is 161 g/mol. The summed E-state index contributed by atoms with van der Waals surface area (Å²) in [7, 11) is -3.00. The summed E-state index contributed by atoms with van der Waals surface area (Å²) < 4.78 is 24.2. The summed E-state index contributed by atoms with van der Waals surface area (Å²) >= 11 is 0. The first kappa shape index (κ1) is 7.60. The molecule has 0 unspecified atom stereocenters. The van der Waals surface area contributed by atoms with Gasteiger partial charge in [-0.3, -0.25) is 4.72 Å². The second-order valence-electron chi connectivity index (χ2n) is 2.27. The summed E-state index contributed by atoms with van der Waals surface area (Å²) in [6.07, 6.45) is 3.77. The summed E-state index contributed by atoms with van der Waals surface area (Å²) in [6.45, 7) is 1.63. The molecular weight excluding hydrogens is 150 g/mol. The van der Waals surface area contributed by atoms with E-state index in [0.717, 1.165) is 18.5 Å². The van der Waals surface area contributed by atoms with Gasteiger partial charge in [0.1, 0.15) is 0 Å². The Kier molecular flexibility index (Phi) is 1.99. The smallest absolute Gasteiger partial charge is 0.232 e. The van der Waals surface area contributed by atoms with E-state index in [1.807, 2.05) is 6.08 Å². The monoisotopic (exact) mass is 161 g/mol. The molecule has 0 aromatic rings. The minimum absolute atomic E-state index is 0.157. The Morgan fingerprint density at radius 1 is 1.70 bits per heavy atom. The van der Waals surface area contributed by atoms with Crippen LogP contribution >= 0.6 is 0 Å². The lowest BCUT2D eigenvalue weighted by Gasteiger charge is -2.15. The molecule has 1 N–H and O–H groups in total. The predicted octanol–water partition coefficient (Wildman–Crippen LogP) is 0.603. The SMILES string of the molecule is CCS(=O)(=O)NC1=CCC1. The molecule has 3 nitrogen and oxygen atoms in total. The molecule has 0 aromatic carbocycles. The van der Waals surface area contributed by atoms with Crippen molar-refractivity contribution in [3.05, 3.63) is 11.8 Å². The first-order valence-electron chi connectivity index (χ1n) is 3.33. The van der Waals surface area contributed by atoms with Crippen LogP contribution < -0.4 is 4.72 Å². The molecule has 0 aliphatic heterocycles. The quantitative estimate of drug-likeness (QED) is 0.659. The summed E-state index contributed by atoms with van der Waals surface area (Å²) in [5.74, 6) is 0.157. The Bertz CT molecular complexity index is 240. The van der Waals surface area contributed by atoms with E-state index in [1.54, 1.807) is 6.92 Å². The van der Waals surface area contributed by atoms with Crippen molar-refractivity contribution >= 4 is 10.0 Å². The zero-order chi connectivity index (χ0) is 7.61. The maximum Gasteiger partial charge on any atom is 0.232 e. The fourth-order valence-electron chi connectivity index (χ4n) is 0.653. The van der Waals surface area contributed by atoms with E-state index in [1.165, 1.54) is 0 Å². The van der Waals surface area contributed by atoms with Crippen LogP contribution in [0, 0.1) is 0 Å². The summed E-state index contributed by atoms with van der Waals surface area (Å²) in [5.41, 5.74) is 0.849. The van der Waals surface area contributed by atoms with Crippen LogP contribution in [0.4, 0.5) is 0 Å². The van der Waals surface area contributed by atoms with Gasteiger partial charge >= 0.3 is 0 Å². The lowest BCUT2D eigenvalue weighted by molar-refractivity contribution is 0.586. The van der Waals surface area contributed by atoms with E-state index in [-0.39, 0.29) is 5.75 Å². The maximum atomic E-state index is 10.9. The average Bonchev–Trinajstić information content (AvgIpc) is 1.80. The highest BCUT2D eigenvalue weighted by Gasteiger charge is 2.11. The molecule has 10 heavy (non-hydrogen) atoms. The zero-order valence-corrected chi connectivity index (χ0v) is 6.74. The molecule has 4 heteroatoms. The number of hydrogen-bond acceptors (Lipinski definition) is 2. The van der Waals surface area contributed by atoms with Crippen molar-refractivity contribution in [2.24, 2.45) is 0 Å². The Balaban J connectivity index is 2.52. The van der Waals surface area contributed by atoms with E-state index in [2.05, 4.69) is 4.72 Å². The first-order chi connectivity index (χ1) is 4.64. The van der Waals surface area contributed by atoms with E-state index >= 15 is 0 Å². The molecule has 0 fully saturated rings. The van der Waals surface area contributed by atoms with Crippen LogP contribution in [-0.4, -0.2) is 14.2 Å². The molecule has 1 aliphatic rings. The number of allylic oxidation sites excluding steroid dienone is 2. The van der Waals surface area contributed by atoms with Crippen molar-refractivity contribution in [2.45, 2.75) is 19.8 Å². The summed E-state index contributed by atoms with van der Waals surface area (Å²) in [6, 6.07) is 0. The molecular formula is C6H11NO2S. The van der Waals surface area contributed by atoms with E-state index < -0.39 is 10.0 Å². The second kappa shape index (κ2) is 2.62. The van der Waals surface area contributed by atoms with E-state index in [9.17, 15) is 8.42 Å². The van der Waals surface area contributed by atoms with Gasteiger partial charge in [-0.15, -0.1) is 0 Å². The highest BCUT2D eigenvalue weighted by Crippen LogP contribution is 2.15. The van der Waals surface area contributed by atoms with Crippen molar-refractivity contribution in [3.63, 3.8) is 0 Å². The van der Waals surface area contributed by atoms with Crippen molar-refractivity contribution in [1.82, 2.24) is 4.72 Å². The van der Waals surface area contributed by atoms with Crippen LogP contribution in [0.2, 0.25) is 0 Å². The third-order valence-electron chi connectivity index (χ3n) is 1.47. The van der Waals surface area contributed by atoms with Gasteiger partial charge in [0.25, 0.3) is 0 Å². The highest BCUT2D eigenvalue weighted by molar-refractivity contribution is 7.89. The van der Waals surface area contributed by atoms with Crippen LogP contribution in [0.5, 0.6) is 0 Å². The number of sulfonamides is 1. The number of rotatable bonds is 3. The molecule has 1 aliphatic carbocycles. The molecule has 0 radical (unpaired) electrons. The number of hydrogen-bond donors (Lipinski definition) is 1. The molecule has 58 valence electrons. The fraction of sp³-hybridized carbons (Fsp3) is 0.667. The van der Waals surface area contributed by atoms with Gasteiger partial charge in [-0.25, -0.2) is 8.42 Å². The van der Waals surface area contributed by atoms with E-state index in [4.69, 9.17) is 0 Å². The van der Waals surface area contributed by atoms with Crippen LogP contribution in [0.1, 0.15) is 19.8 Å². The number of nitrogens with one attached hydrogen (secondary N) is 1. The zero-order valence-electron chi connectivity index (χ0n) is 5.92. The second-order valence-corrected chi connectivity index (χ2v) is 4.28. The van der Waals surface area contributed by atoms with Crippen molar-refractivity contribution < 1.29 is 8.42 Å². The van der Waals surface area contributed by atoms with Gasteiger partial charge in [0.15, 0.2) is 0 Å². The molecule has 0 saturated carbocycles. The summed E-state index contributed by atoms with van der Waals surface area (Å²) in [5, 5.41) is 0. The van der Waals surface area contributed by atoms with Crippen molar-refractivity contribution in [3.8, 4) is 0 Å². The largest absolute Gasteiger partial charge is 0.288 e. The molecule has 0 aromatic heterocycles. The maximum absolute atomic E-state index is 10.9. The lowest BCUT2D eigenvalue weighted by atomic mass is 10.1. The minimum atomic E-state index is -3.00. The topological polar surface area (TPSA) is 46.2 Å². The molecule has 0 spiro atoms. The van der Waals surface area contributed by atoms with Gasteiger partial charge < -0.3 is 0 Å². The van der Waals surface area contributed by atoms with Crippen molar-refractivity contribution in [1.29, 1.82) is 0 Å². The van der Waals surface area contributed by atoms with Gasteiger partial charge in [-0.1, -0.05) is 6.08 Å². The van der Waals surface area contributed by atoms with Gasteiger partial charge in [-0.05, 0) is 19.8 Å². The van der Waals surface area contributed by atoms with Gasteiger partial charge in [0.2, 0.25) is 10.0 Å². The Hall–Kier alpha value is -0.510. The molecule has 1 rings (SSSR count). The standard InChI is InChI=1S/C6H11NO2S/c1-2-10(8,9)7-6-4-3-5-6/h4,7H,2-3,5H2,1H3. The van der Waals surface area contributed by atoms with Gasteiger partial charge in [0.05, 0.1) is 5.75 Å². The third-order valence-corrected chi connectivity index (χ3v) is 2.80. The van der Waals surface area contributed by atoms with Crippen molar-refractivity contribution in [2.75, 3.05) is 5.75 Å². The molecule has 0 atom stereocenters. The Morgan fingerprint density at radius 3 is 2.60 bits per heavy atom. The first-order valence-corrected chi connectivity index (χ1v) is 4.99. The van der Waals surface area contributed by atoms with Crippen LogP contribution in [0.15, 0.2) is 11.8 Å². The van der Waals surface area contributed by atoms with E-state index in [0.29, 0.717) is 0 Å². The molecule has 0 amide bonds. The lowest BCUT2D eigenvalue weighted by Crippen LogP contribution is -2.26. The molecule has 0 saturated heterocycles. The Morgan fingerprint density at radius 2 is 2.30 bits per heavy atom. The Labute approximate surface area is 61.2 Å².